The van der Waals surface area contributed by atoms with Gasteiger partial charge in [0.05, 0.1) is 12.5 Å². The molecule has 0 aromatic carbocycles. The summed E-state index contributed by atoms with van der Waals surface area (Å²) in [6.45, 7) is 3.34. The Hall–Kier alpha value is -0.940. The molecule has 90 valence electrons. The van der Waals surface area contributed by atoms with Gasteiger partial charge in [-0.25, -0.2) is 0 Å². The van der Waals surface area contributed by atoms with E-state index in [0.717, 1.165) is 31.7 Å². The minimum absolute atomic E-state index is 0.181. The Bertz CT molecular complexity index is 327. The van der Waals surface area contributed by atoms with Gasteiger partial charge in [-0.05, 0) is 19.8 Å². The predicted molar refractivity (Wildman–Crippen MR) is 59.1 cm³/mol. The molecule has 2 unspecified atom stereocenters. The van der Waals surface area contributed by atoms with E-state index in [1.54, 1.807) is 0 Å². The van der Waals surface area contributed by atoms with Crippen molar-refractivity contribution in [3.05, 3.63) is 11.7 Å². The molecule has 0 aliphatic heterocycles. The maximum absolute atomic E-state index is 5.99. The van der Waals surface area contributed by atoms with E-state index in [-0.39, 0.29) is 12.0 Å². The SMILES string of the molecule is CCOCCc1noc(C2CCCC2N)n1. The van der Waals surface area contributed by atoms with Crippen molar-refractivity contribution >= 4 is 0 Å². The molecule has 1 aliphatic carbocycles. The van der Waals surface area contributed by atoms with Gasteiger partial charge in [-0.1, -0.05) is 11.6 Å². The minimum Gasteiger partial charge on any atom is -0.381 e. The summed E-state index contributed by atoms with van der Waals surface area (Å²) < 4.78 is 10.5. The molecule has 5 heteroatoms. The minimum atomic E-state index is 0.181. The van der Waals surface area contributed by atoms with Crippen LogP contribution < -0.4 is 5.73 Å². The molecule has 2 rings (SSSR count). The van der Waals surface area contributed by atoms with Crippen LogP contribution in [-0.2, 0) is 11.2 Å². The van der Waals surface area contributed by atoms with Gasteiger partial charge in [0.1, 0.15) is 0 Å². The summed E-state index contributed by atoms with van der Waals surface area (Å²) in [5.74, 6) is 1.69. The molecular weight excluding hydrogens is 206 g/mol. The summed E-state index contributed by atoms with van der Waals surface area (Å²) in [4.78, 5) is 4.38. The van der Waals surface area contributed by atoms with Crippen LogP contribution in [0.25, 0.3) is 0 Å². The number of nitrogens with two attached hydrogens (primary N) is 1. The summed E-state index contributed by atoms with van der Waals surface area (Å²) in [6.07, 6.45) is 3.98. The fourth-order valence-corrected chi connectivity index (χ4v) is 2.12. The third kappa shape index (κ3) is 2.59. The summed E-state index contributed by atoms with van der Waals surface area (Å²) >= 11 is 0. The van der Waals surface area contributed by atoms with E-state index >= 15 is 0 Å². The monoisotopic (exact) mass is 225 g/mol. The van der Waals surface area contributed by atoms with E-state index in [4.69, 9.17) is 15.0 Å². The predicted octanol–water partition coefficient (Wildman–Crippen LogP) is 1.24. The van der Waals surface area contributed by atoms with Crippen molar-refractivity contribution in [2.75, 3.05) is 13.2 Å². The van der Waals surface area contributed by atoms with Crippen molar-refractivity contribution in [2.45, 2.75) is 44.6 Å². The zero-order valence-corrected chi connectivity index (χ0v) is 9.69. The highest BCUT2D eigenvalue weighted by atomic mass is 16.5. The molecule has 0 spiro atoms. The Balaban J connectivity index is 1.91. The fraction of sp³-hybridized carbons (Fsp3) is 0.818. The second-order valence-electron chi connectivity index (χ2n) is 4.20. The zero-order chi connectivity index (χ0) is 11.4. The summed E-state index contributed by atoms with van der Waals surface area (Å²) in [7, 11) is 0. The number of aromatic nitrogens is 2. The molecule has 0 amide bonds. The van der Waals surface area contributed by atoms with Gasteiger partial charge in [-0.3, -0.25) is 0 Å². The molecule has 1 aromatic heterocycles. The van der Waals surface area contributed by atoms with Gasteiger partial charge in [-0.15, -0.1) is 0 Å². The number of ether oxygens (including phenoxy) is 1. The van der Waals surface area contributed by atoms with Crippen LogP contribution in [-0.4, -0.2) is 29.4 Å². The Morgan fingerprint density at radius 3 is 3.06 bits per heavy atom. The van der Waals surface area contributed by atoms with Gasteiger partial charge < -0.3 is 15.0 Å². The lowest BCUT2D eigenvalue weighted by Gasteiger charge is -2.08. The van der Waals surface area contributed by atoms with Crippen LogP contribution in [0.1, 0.15) is 43.8 Å². The molecular formula is C11H19N3O2. The second-order valence-corrected chi connectivity index (χ2v) is 4.20. The van der Waals surface area contributed by atoms with Gasteiger partial charge >= 0.3 is 0 Å². The maximum Gasteiger partial charge on any atom is 0.231 e. The molecule has 2 atom stereocenters. The summed E-state index contributed by atoms with van der Waals surface area (Å²) in [5, 5.41) is 3.95. The highest BCUT2D eigenvalue weighted by molar-refractivity contribution is 5.02. The van der Waals surface area contributed by atoms with Crippen LogP contribution in [0.15, 0.2) is 4.52 Å². The highest BCUT2D eigenvalue weighted by Gasteiger charge is 2.30. The molecule has 1 aliphatic rings. The van der Waals surface area contributed by atoms with E-state index in [0.29, 0.717) is 18.9 Å². The van der Waals surface area contributed by atoms with Gasteiger partial charge in [0.2, 0.25) is 5.89 Å². The summed E-state index contributed by atoms with van der Waals surface area (Å²) in [6, 6.07) is 0.181. The van der Waals surface area contributed by atoms with Crippen molar-refractivity contribution in [3.8, 4) is 0 Å². The fourth-order valence-electron chi connectivity index (χ4n) is 2.12. The third-order valence-electron chi connectivity index (χ3n) is 3.04. The average Bonchev–Trinajstić information content (AvgIpc) is 2.87. The van der Waals surface area contributed by atoms with Crippen molar-refractivity contribution in [1.29, 1.82) is 0 Å². The molecule has 5 nitrogen and oxygen atoms in total. The van der Waals surface area contributed by atoms with Crippen LogP contribution in [0.3, 0.4) is 0 Å². The van der Waals surface area contributed by atoms with Gasteiger partial charge in [0, 0.05) is 19.1 Å². The van der Waals surface area contributed by atoms with E-state index in [1.165, 1.54) is 0 Å². The van der Waals surface area contributed by atoms with E-state index in [2.05, 4.69) is 10.1 Å². The first-order valence-electron chi connectivity index (χ1n) is 5.97. The maximum atomic E-state index is 5.99. The molecule has 1 saturated carbocycles. The Morgan fingerprint density at radius 1 is 1.50 bits per heavy atom. The van der Waals surface area contributed by atoms with Crippen molar-refractivity contribution < 1.29 is 9.26 Å². The van der Waals surface area contributed by atoms with Crippen LogP contribution >= 0.6 is 0 Å². The molecule has 0 saturated heterocycles. The highest BCUT2D eigenvalue weighted by Crippen LogP contribution is 2.32. The second kappa shape index (κ2) is 5.41. The van der Waals surface area contributed by atoms with Crippen molar-refractivity contribution in [3.63, 3.8) is 0 Å². The quantitative estimate of drug-likeness (QED) is 0.763. The number of nitrogens with zero attached hydrogens (tertiary/aromatic N) is 2. The van der Waals surface area contributed by atoms with Crippen LogP contribution in [0, 0.1) is 0 Å². The lowest BCUT2D eigenvalue weighted by Crippen LogP contribution is -2.22. The van der Waals surface area contributed by atoms with E-state index in [1.807, 2.05) is 6.92 Å². The van der Waals surface area contributed by atoms with Crippen LogP contribution in [0.5, 0.6) is 0 Å². The van der Waals surface area contributed by atoms with Crippen molar-refractivity contribution in [1.82, 2.24) is 10.1 Å². The van der Waals surface area contributed by atoms with Gasteiger partial charge in [0.15, 0.2) is 5.82 Å². The molecule has 0 radical (unpaired) electrons. The topological polar surface area (TPSA) is 74.2 Å². The average molecular weight is 225 g/mol. The largest absolute Gasteiger partial charge is 0.381 e. The molecule has 1 heterocycles. The Labute approximate surface area is 95.3 Å². The first kappa shape index (κ1) is 11.5. The molecule has 1 fully saturated rings. The third-order valence-corrected chi connectivity index (χ3v) is 3.04. The molecule has 16 heavy (non-hydrogen) atoms. The first-order valence-corrected chi connectivity index (χ1v) is 5.97. The molecule has 0 bridgehead atoms. The number of rotatable bonds is 5. The Morgan fingerprint density at radius 2 is 2.38 bits per heavy atom. The van der Waals surface area contributed by atoms with Crippen LogP contribution in [0.2, 0.25) is 0 Å². The van der Waals surface area contributed by atoms with Gasteiger partial charge in [-0.2, -0.15) is 4.98 Å². The summed E-state index contributed by atoms with van der Waals surface area (Å²) in [5.41, 5.74) is 5.99. The lowest BCUT2D eigenvalue weighted by molar-refractivity contribution is 0.149. The zero-order valence-electron chi connectivity index (χ0n) is 9.69. The number of hydrogen-bond acceptors (Lipinski definition) is 5. The van der Waals surface area contributed by atoms with Crippen molar-refractivity contribution in [2.24, 2.45) is 5.73 Å². The van der Waals surface area contributed by atoms with E-state index in [9.17, 15) is 0 Å². The molecule has 2 N–H and O–H groups in total. The first-order chi connectivity index (χ1) is 7.81. The molecule has 1 aromatic rings. The smallest absolute Gasteiger partial charge is 0.231 e. The van der Waals surface area contributed by atoms with Crippen LogP contribution in [0.4, 0.5) is 0 Å². The normalized spacial score (nSPS) is 25.1. The standard InChI is InChI=1S/C11H19N3O2/c1-2-15-7-6-10-13-11(16-14-10)8-4-3-5-9(8)12/h8-9H,2-7,12H2,1H3. The van der Waals surface area contributed by atoms with E-state index < -0.39 is 0 Å². The number of hydrogen-bond donors (Lipinski definition) is 1. The Kier molecular flexibility index (Phi) is 3.90. The lowest BCUT2D eigenvalue weighted by atomic mass is 10.1. The van der Waals surface area contributed by atoms with Gasteiger partial charge in [0.25, 0.3) is 0 Å².